The summed E-state index contributed by atoms with van der Waals surface area (Å²) in [5.74, 6) is -0.473. The van der Waals surface area contributed by atoms with Crippen LogP contribution in [-0.2, 0) is 11.8 Å². The van der Waals surface area contributed by atoms with E-state index in [4.69, 9.17) is 5.73 Å². The molecule has 0 fully saturated rings. The number of rotatable bonds is 4. The summed E-state index contributed by atoms with van der Waals surface area (Å²) < 4.78 is 1.42. The molecule has 1 aliphatic rings. The van der Waals surface area contributed by atoms with Gasteiger partial charge in [0, 0.05) is 30.8 Å². The first kappa shape index (κ1) is 14.3. The van der Waals surface area contributed by atoms with Gasteiger partial charge in [-0.05, 0) is 0 Å². The quantitative estimate of drug-likeness (QED) is 0.714. The minimum Gasteiger partial charge on any atom is -0.364 e. The normalized spacial score (nSPS) is 17.3. The maximum Gasteiger partial charge on any atom is 0.271 e. The van der Waals surface area contributed by atoms with Gasteiger partial charge in [0.25, 0.3) is 5.91 Å². The number of hydrogen-bond donors (Lipinski definition) is 3. The molecule has 3 heterocycles. The van der Waals surface area contributed by atoms with Gasteiger partial charge in [0.2, 0.25) is 5.91 Å². The summed E-state index contributed by atoms with van der Waals surface area (Å²) in [5.41, 5.74) is 6.40. The van der Waals surface area contributed by atoms with Gasteiger partial charge >= 0.3 is 0 Å². The van der Waals surface area contributed by atoms with Crippen molar-refractivity contribution in [1.29, 1.82) is 0 Å². The third kappa shape index (κ3) is 2.72. The average molecular weight is 319 g/mol. The summed E-state index contributed by atoms with van der Waals surface area (Å²) in [6.07, 6.45) is 4.90. The lowest BCUT2D eigenvalue weighted by Gasteiger charge is -2.06. The van der Waals surface area contributed by atoms with E-state index in [2.05, 4.69) is 25.6 Å². The molecule has 2 aromatic rings. The number of aryl methyl sites for hydroxylation is 1. The summed E-state index contributed by atoms with van der Waals surface area (Å²) in [5, 5.41) is 13.9. The zero-order chi connectivity index (χ0) is 15.7. The molecule has 0 saturated heterocycles. The summed E-state index contributed by atoms with van der Waals surface area (Å²) >= 11 is 1.48. The van der Waals surface area contributed by atoms with Gasteiger partial charge in [-0.15, -0.1) is 11.8 Å². The molecule has 1 aliphatic heterocycles. The summed E-state index contributed by atoms with van der Waals surface area (Å²) in [6.45, 7) is 0. The first-order valence-corrected chi connectivity index (χ1v) is 7.37. The fourth-order valence-corrected chi connectivity index (χ4v) is 3.03. The Morgan fingerprint density at radius 2 is 2.36 bits per heavy atom. The Kier molecular flexibility index (Phi) is 3.67. The maximum absolute atomic E-state index is 12.3. The Hall–Kier alpha value is -2.62. The lowest BCUT2D eigenvalue weighted by atomic mass is 10.3. The number of aliphatic imine (C=N–C) groups is 1. The van der Waals surface area contributed by atoms with Gasteiger partial charge in [-0.1, -0.05) is 0 Å². The van der Waals surface area contributed by atoms with E-state index in [0.29, 0.717) is 5.75 Å². The molecule has 114 valence electrons. The molecular weight excluding hydrogens is 306 g/mol. The molecular formula is C12H13N7O2S. The van der Waals surface area contributed by atoms with Gasteiger partial charge in [-0.3, -0.25) is 24.4 Å². The van der Waals surface area contributed by atoms with Crippen molar-refractivity contribution < 1.29 is 9.59 Å². The molecule has 0 aliphatic carbocycles. The Balaban J connectivity index is 1.75. The topological polar surface area (TPSA) is 131 Å². The van der Waals surface area contributed by atoms with Crippen molar-refractivity contribution in [3.05, 3.63) is 29.8 Å². The van der Waals surface area contributed by atoms with Crippen molar-refractivity contribution >= 4 is 34.3 Å². The van der Waals surface area contributed by atoms with E-state index in [9.17, 15) is 9.59 Å². The molecule has 1 unspecified atom stereocenters. The minimum atomic E-state index is -0.695. The van der Waals surface area contributed by atoms with Crippen LogP contribution in [0.4, 0.5) is 5.69 Å². The molecule has 0 saturated carbocycles. The predicted molar refractivity (Wildman–Crippen MR) is 81.7 cm³/mol. The lowest BCUT2D eigenvalue weighted by molar-refractivity contribution is -0.116. The number of nitrogens with zero attached hydrogens (tertiary/aromatic N) is 4. The highest BCUT2D eigenvalue weighted by atomic mass is 32.2. The van der Waals surface area contributed by atoms with Gasteiger partial charge in [-0.2, -0.15) is 10.2 Å². The number of carbonyl (C=O) groups excluding carboxylic acids is 2. The highest BCUT2D eigenvalue weighted by Gasteiger charge is 2.27. The van der Waals surface area contributed by atoms with Crippen molar-refractivity contribution in [2.75, 3.05) is 11.1 Å². The largest absolute Gasteiger partial charge is 0.364 e. The molecule has 2 amide bonds. The number of anilines is 1. The SMILES string of the molecule is Cn1cc(NC(=O)C2CSC(c3cn[nH]c3)=N2)c(C(N)=O)n1. The number of aromatic nitrogens is 4. The Morgan fingerprint density at radius 3 is 3.05 bits per heavy atom. The lowest BCUT2D eigenvalue weighted by Crippen LogP contribution is -2.27. The van der Waals surface area contributed by atoms with Crippen LogP contribution in [0.5, 0.6) is 0 Å². The van der Waals surface area contributed by atoms with Crippen molar-refractivity contribution in [2.45, 2.75) is 6.04 Å². The zero-order valence-electron chi connectivity index (χ0n) is 11.6. The number of hydrogen-bond acceptors (Lipinski definition) is 6. The van der Waals surface area contributed by atoms with Crippen LogP contribution in [0.3, 0.4) is 0 Å². The molecule has 0 bridgehead atoms. The second-order valence-corrected chi connectivity index (χ2v) is 5.68. The first-order chi connectivity index (χ1) is 10.5. The molecule has 9 nitrogen and oxygen atoms in total. The van der Waals surface area contributed by atoms with Gasteiger partial charge < -0.3 is 11.1 Å². The fourth-order valence-electron chi connectivity index (χ4n) is 2.01. The summed E-state index contributed by atoms with van der Waals surface area (Å²) in [6, 6.07) is -0.532. The van der Waals surface area contributed by atoms with E-state index in [1.807, 2.05) is 0 Å². The molecule has 0 spiro atoms. The van der Waals surface area contributed by atoms with E-state index in [1.165, 1.54) is 22.6 Å². The number of primary amides is 1. The molecule has 1 atom stereocenters. The Bertz CT molecular complexity index is 750. The Labute approximate surface area is 129 Å². The van der Waals surface area contributed by atoms with Gasteiger partial charge in [0.05, 0.1) is 11.9 Å². The standard InChI is InChI=1S/C12H13N7O2S/c1-19-4-7(9(18-19)10(13)20)16-11(21)8-5-22-12(17-8)6-2-14-15-3-6/h2-4,8H,5H2,1H3,(H2,13,20)(H,14,15)(H,16,21). The monoisotopic (exact) mass is 319 g/mol. The van der Waals surface area contributed by atoms with Crippen LogP contribution in [0.25, 0.3) is 0 Å². The van der Waals surface area contributed by atoms with Crippen molar-refractivity contribution in [3.8, 4) is 0 Å². The second-order valence-electron chi connectivity index (χ2n) is 4.67. The molecule has 22 heavy (non-hydrogen) atoms. The fraction of sp³-hybridized carbons (Fsp3) is 0.250. The van der Waals surface area contributed by atoms with E-state index in [-0.39, 0.29) is 17.3 Å². The third-order valence-corrected chi connectivity index (χ3v) is 4.12. The van der Waals surface area contributed by atoms with Gasteiger partial charge in [0.15, 0.2) is 5.69 Å². The van der Waals surface area contributed by atoms with Crippen LogP contribution < -0.4 is 11.1 Å². The highest BCUT2D eigenvalue weighted by Crippen LogP contribution is 2.24. The molecule has 4 N–H and O–H groups in total. The van der Waals surface area contributed by atoms with Crippen LogP contribution in [0.2, 0.25) is 0 Å². The van der Waals surface area contributed by atoms with E-state index in [1.54, 1.807) is 19.4 Å². The number of nitrogens with one attached hydrogen (secondary N) is 2. The summed E-state index contributed by atoms with van der Waals surface area (Å²) in [7, 11) is 1.64. The smallest absolute Gasteiger partial charge is 0.271 e. The van der Waals surface area contributed by atoms with Crippen LogP contribution in [0.15, 0.2) is 23.6 Å². The third-order valence-electron chi connectivity index (χ3n) is 3.02. The minimum absolute atomic E-state index is 0.0283. The highest BCUT2D eigenvalue weighted by molar-refractivity contribution is 8.14. The van der Waals surface area contributed by atoms with Crippen molar-refractivity contribution in [3.63, 3.8) is 0 Å². The molecule has 0 aromatic carbocycles. The first-order valence-electron chi connectivity index (χ1n) is 6.38. The number of H-pyrrole nitrogens is 1. The number of thioether (sulfide) groups is 1. The predicted octanol–water partition coefficient (Wildman–Crippen LogP) is -0.257. The molecule has 10 heteroatoms. The van der Waals surface area contributed by atoms with Gasteiger partial charge in [0.1, 0.15) is 11.1 Å². The van der Waals surface area contributed by atoms with E-state index >= 15 is 0 Å². The van der Waals surface area contributed by atoms with Crippen LogP contribution >= 0.6 is 11.8 Å². The number of carbonyl (C=O) groups is 2. The van der Waals surface area contributed by atoms with E-state index in [0.717, 1.165) is 10.6 Å². The van der Waals surface area contributed by atoms with Crippen molar-refractivity contribution in [2.24, 2.45) is 17.8 Å². The number of aromatic amines is 1. The average Bonchev–Trinajstić information content (AvgIpc) is 3.17. The maximum atomic E-state index is 12.3. The molecule has 0 radical (unpaired) electrons. The van der Waals surface area contributed by atoms with Gasteiger partial charge in [-0.25, -0.2) is 0 Å². The Morgan fingerprint density at radius 1 is 1.55 bits per heavy atom. The number of amides is 2. The zero-order valence-corrected chi connectivity index (χ0v) is 12.4. The van der Waals surface area contributed by atoms with Crippen LogP contribution in [0, 0.1) is 0 Å². The number of nitrogens with two attached hydrogens (primary N) is 1. The van der Waals surface area contributed by atoms with Crippen LogP contribution in [0.1, 0.15) is 16.1 Å². The second kappa shape index (κ2) is 5.64. The van der Waals surface area contributed by atoms with E-state index < -0.39 is 11.9 Å². The summed E-state index contributed by atoms with van der Waals surface area (Å²) in [4.78, 5) is 27.9. The van der Waals surface area contributed by atoms with Crippen molar-refractivity contribution in [1.82, 2.24) is 20.0 Å². The van der Waals surface area contributed by atoms with Crippen LogP contribution in [-0.4, -0.2) is 48.6 Å². The molecule has 3 rings (SSSR count). The molecule has 2 aromatic heterocycles.